The number of hydrogen-bond donors (Lipinski definition) is 2. The van der Waals surface area contributed by atoms with E-state index in [9.17, 15) is 4.79 Å². The number of amides is 1. The van der Waals surface area contributed by atoms with Crippen molar-refractivity contribution in [3.8, 4) is 0 Å². The van der Waals surface area contributed by atoms with Crippen LogP contribution in [-0.2, 0) is 0 Å². The quantitative estimate of drug-likeness (QED) is 0.749. The van der Waals surface area contributed by atoms with E-state index < -0.39 is 0 Å². The van der Waals surface area contributed by atoms with Crippen molar-refractivity contribution in [3.05, 3.63) is 29.8 Å². The summed E-state index contributed by atoms with van der Waals surface area (Å²) in [4.78, 5) is 11.7. The minimum atomic E-state index is -0.00930. The summed E-state index contributed by atoms with van der Waals surface area (Å²) >= 11 is 0. The van der Waals surface area contributed by atoms with Gasteiger partial charge in [-0.15, -0.1) is 0 Å². The molecule has 1 rings (SSSR count). The minimum absolute atomic E-state index is 0.00930. The molecule has 2 N–H and O–H groups in total. The molecule has 0 aliphatic heterocycles. The zero-order chi connectivity index (χ0) is 15.8. The lowest BCUT2D eigenvalue weighted by atomic mass is 9.95. The Labute approximate surface area is 129 Å². The third-order valence-electron chi connectivity index (χ3n) is 3.37. The fourth-order valence-electron chi connectivity index (χ4n) is 2.57. The first-order valence-corrected chi connectivity index (χ1v) is 8.07. The monoisotopic (exact) mass is 290 g/mol. The van der Waals surface area contributed by atoms with Crippen LogP contribution in [0, 0.1) is 11.8 Å². The Morgan fingerprint density at radius 2 is 1.52 bits per heavy atom. The lowest BCUT2D eigenvalue weighted by Crippen LogP contribution is -2.24. The predicted molar refractivity (Wildman–Crippen MR) is 90.8 cm³/mol. The van der Waals surface area contributed by atoms with Crippen LogP contribution in [0.2, 0.25) is 0 Å². The van der Waals surface area contributed by atoms with E-state index >= 15 is 0 Å². The second-order valence-corrected chi connectivity index (χ2v) is 6.54. The van der Waals surface area contributed by atoms with Gasteiger partial charge in [-0.1, -0.05) is 27.7 Å². The van der Waals surface area contributed by atoms with Gasteiger partial charge in [-0.05, 0) is 55.9 Å². The van der Waals surface area contributed by atoms with Crippen LogP contribution in [0.3, 0.4) is 0 Å². The highest BCUT2D eigenvalue weighted by Gasteiger charge is 2.13. The lowest BCUT2D eigenvalue weighted by molar-refractivity contribution is 0.0956. The third kappa shape index (κ3) is 6.65. The minimum Gasteiger partial charge on any atom is -0.382 e. The van der Waals surface area contributed by atoms with Crippen molar-refractivity contribution in [2.24, 2.45) is 11.8 Å². The number of carbonyl (C=O) groups excluding carboxylic acids is 1. The SMILES string of the molecule is CCNC(=O)c1ccc(NC(CC(C)C)CC(C)C)cc1. The van der Waals surface area contributed by atoms with Gasteiger partial charge in [-0.3, -0.25) is 4.79 Å². The highest BCUT2D eigenvalue weighted by Crippen LogP contribution is 2.19. The molecule has 1 aromatic rings. The molecule has 0 unspecified atom stereocenters. The highest BCUT2D eigenvalue weighted by molar-refractivity contribution is 5.94. The normalized spacial score (nSPS) is 11.2. The summed E-state index contributed by atoms with van der Waals surface area (Å²) in [5.41, 5.74) is 1.81. The van der Waals surface area contributed by atoms with Crippen LogP contribution in [0.15, 0.2) is 24.3 Å². The van der Waals surface area contributed by atoms with Crippen LogP contribution in [0.5, 0.6) is 0 Å². The maximum atomic E-state index is 11.7. The van der Waals surface area contributed by atoms with Gasteiger partial charge in [0.25, 0.3) is 5.91 Å². The standard InChI is InChI=1S/C18H30N2O/c1-6-19-18(21)15-7-9-16(10-8-15)20-17(11-13(2)3)12-14(4)5/h7-10,13-14,17,20H,6,11-12H2,1-5H3,(H,19,21). The van der Waals surface area contributed by atoms with Gasteiger partial charge in [-0.2, -0.15) is 0 Å². The molecule has 0 saturated heterocycles. The van der Waals surface area contributed by atoms with Gasteiger partial charge in [0.1, 0.15) is 0 Å². The average molecular weight is 290 g/mol. The van der Waals surface area contributed by atoms with E-state index in [1.54, 1.807) is 0 Å². The topological polar surface area (TPSA) is 41.1 Å². The van der Waals surface area contributed by atoms with Gasteiger partial charge in [0.05, 0.1) is 0 Å². The fraction of sp³-hybridized carbons (Fsp3) is 0.611. The molecule has 0 atom stereocenters. The molecular formula is C18H30N2O. The smallest absolute Gasteiger partial charge is 0.251 e. The Bertz CT molecular complexity index is 413. The fourth-order valence-corrected chi connectivity index (χ4v) is 2.57. The van der Waals surface area contributed by atoms with Crippen molar-refractivity contribution in [2.75, 3.05) is 11.9 Å². The Kier molecular flexibility index (Phi) is 7.27. The van der Waals surface area contributed by atoms with Crippen molar-refractivity contribution in [1.82, 2.24) is 5.32 Å². The second kappa shape index (κ2) is 8.71. The Morgan fingerprint density at radius 1 is 1.00 bits per heavy atom. The van der Waals surface area contributed by atoms with Gasteiger partial charge in [0.2, 0.25) is 0 Å². The van der Waals surface area contributed by atoms with Crippen LogP contribution in [0.25, 0.3) is 0 Å². The average Bonchev–Trinajstić information content (AvgIpc) is 2.38. The van der Waals surface area contributed by atoms with Crippen molar-refractivity contribution in [2.45, 2.75) is 53.5 Å². The molecule has 0 spiro atoms. The zero-order valence-corrected chi connectivity index (χ0v) is 14.1. The summed E-state index contributed by atoms with van der Waals surface area (Å²) < 4.78 is 0. The van der Waals surface area contributed by atoms with Gasteiger partial charge in [0, 0.05) is 23.8 Å². The predicted octanol–water partition coefficient (Wildman–Crippen LogP) is 4.31. The molecule has 0 heterocycles. The van der Waals surface area contributed by atoms with E-state index in [0.29, 0.717) is 30.0 Å². The first-order chi connectivity index (χ1) is 9.92. The van der Waals surface area contributed by atoms with Crippen molar-refractivity contribution < 1.29 is 4.79 Å². The largest absolute Gasteiger partial charge is 0.382 e. The Hall–Kier alpha value is -1.51. The highest BCUT2D eigenvalue weighted by atomic mass is 16.1. The van der Waals surface area contributed by atoms with E-state index in [4.69, 9.17) is 0 Å². The first-order valence-electron chi connectivity index (χ1n) is 8.07. The van der Waals surface area contributed by atoms with Crippen LogP contribution in [0.1, 0.15) is 57.8 Å². The third-order valence-corrected chi connectivity index (χ3v) is 3.37. The molecule has 0 aliphatic carbocycles. The molecule has 0 bridgehead atoms. The second-order valence-electron chi connectivity index (χ2n) is 6.54. The molecule has 1 aromatic carbocycles. The van der Waals surface area contributed by atoms with E-state index in [1.165, 1.54) is 0 Å². The number of benzene rings is 1. The van der Waals surface area contributed by atoms with Crippen LogP contribution >= 0.6 is 0 Å². The molecule has 0 radical (unpaired) electrons. The number of carbonyl (C=O) groups is 1. The molecule has 118 valence electrons. The maximum Gasteiger partial charge on any atom is 0.251 e. The molecule has 0 fully saturated rings. The number of hydrogen-bond acceptors (Lipinski definition) is 2. The summed E-state index contributed by atoms with van der Waals surface area (Å²) in [6.07, 6.45) is 2.33. The van der Waals surface area contributed by atoms with Gasteiger partial charge in [0.15, 0.2) is 0 Å². The molecule has 0 aliphatic rings. The van der Waals surface area contributed by atoms with E-state index in [-0.39, 0.29) is 5.91 Å². The molecule has 0 saturated carbocycles. The molecule has 1 amide bonds. The summed E-state index contributed by atoms with van der Waals surface area (Å²) in [6.45, 7) is 11.6. The van der Waals surface area contributed by atoms with Crippen LogP contribution in [0.4, 0.5) is 5.69 Å². The van der Waals surface area contributed by atoms with E-state index in [1.807, 2.05) is 31.2 Å². The van der Waals surface area contributed by atoms with Gasteiger partial charge >= 0.3 is 0 Å². The van der Waals surface area contributed by atoms with E-state index in [2.05, 4.69) is 38.3 Å². The van der Waals surface area contributed by atoms with Crippen molar-refractivity contribution >= 4 is 11.6 Å². The molecular weight excluding hydrogens is 260 g/mol. The zero-order valence-electron chi connectivity index (χ0n) is 14.1. The van der Waals surface area contributed by atoms with Gasteiger partial charge in [-0.25, -0.2) is 0 Å². The number of rotatable bonds is 8. The molecule has 21 heavy (non-hydrogen) atoms. The number of nitrogens with one attached hydrogen (secondary N) is 2. The molecule has 3 nitrogen and oxygen atoms in total. The van der Waals surface area contributed by atoms with Crippen LogP contribution in [-0.4, -0.2) is 18.5 Å². The molecule has 0 aromatic heterocycles. The number of anilines is 1. The lowest BCUT2D eigenvalue weighted by Gasteiger charge is -2.23. The molecule has 3 heteroatoms. The Balaban J connectivity index is 2.68. The first kappa shape index (κ1) is 17.5. The summed E-state index contributed by atoms with van der Waals surface area (Å²) in [6, 6.07) is 8.25. The summed E-state index contributed by atoms with van der Waals surface area (Å²) in [5.74, 6) is 1.34. The Morgan fingerprint density at radius 3 is 1.95 bits per heavy atom. The van der Waals surface area contributed by atoms with Crippen LogP contribution < -0.4 is 10.6 Å². The van der Waals surface area contributed by atoms with Crippen molar-refractivity contribution in [1.29, 1.82) is 0 Å². The summed E-state index contributed by atoms with van der Waals surface area (Å²) in [7, 11) is 0. The van der Waals surface area contributed by atoms with Crippen molar-refractivity contribution in [3.63, 3.8) is 0 Å². The van der Waals surface area contributed by atoms with Gasteiger partial charge < -0.3 is 10.6 Å². The summed E-state index contributed by atoms with van der Waals surface area (Å²) in [5, 5.41) is 6.42. The maximum absolute atomic E-state index is 11.7. The van der Waals surface area contributed by atoms with E-state index in [0.717, 1.165) is 18.5 Å².